The molecule has 0 aliphatic rings. The van der Waals surface area contributed by atoms with Crippen LogP contribution in [0.15, 0.2) is 36.4 Å². The third kappa shape index (κ3) is 5.60. The highest BCUT2D eigenvalue weighted by molar-refractivity contribution is 7.92. The number of rotatable bonds is 8. The first-order valence-electron chi connectivity index (χ1n) is 10.0. The Hall–Kier alpha value is -2.34. The van der Waals surface area contributed by atoms with Crippen molar-refractivity contribution in [1.82, 2.24) is 5.32 Å². The van der Waals surface area contributed by atoms with E-state index in [9.17, 15) is 13.2 Å². The van der Waals surface area contributed by atoms with E-state index < -0.39 is 16.1 Å². The zero-order chi connectivity index (χ0) is 21.8. The van der Waals surface area contributed by atoms with E-state index in [0.29, 0.717) is 12.2 Å². The van der Waals surface area contributed by atoms with Gasteiger partial charge in [0.15, 0.2) is 0 Å². The van der Waals surface area contributed by atoms with Gasteiger partial charge in [0.1, 0.15) is 6.04 Å². The van der Waals surface area contributed by atoms with Crippen molar-refractivity contribution in [2.75, 3.05) is 10.6 Å². The van der Waals surface area contributed by atoms with Crippen molar-refractivity contribution in [3.05, 3.63) is 64.2 Å². The summed E-state index contributed by atoms with van der Waals surface area (Å²) in [5, 5.41) is 2.93. The van der Waals surface area contributed by atoms with E-state index in [-0.39, 0.29) is 5.91 Å². The van der Waals surface area contributed by atoms with E-state index in [4.69, 9.17) is 0 Å². The lowest BCUT2D eigenvalue weighted by molar-refractivity contribution is -0.122. The molecule has 0 bridgehead atoms. The number of benzene rings is 2. The van der Waals surface area contributed by atoms with Gasteiger partial charge in [-0.25, -0.2) is 8.42 Å². The summed E-state index contributed by atoms with van der Waals surface area (Å²) in [5.74, 6) is -0.322. The number of aryl methyl sites for hydroxylation is 4. The molecule has 0 aliphatic heterocycles. The maximum Gasteiger partial charge on any atom is 0.243 e. The number of anilines is 1. The quantitative estimate of drug-likeness (QED) is 0.710. The number of nitrogens with zero attached hydrogens (tertiary/aromatic N) is 1. The molecular weight excluding hydrogens is 384 g/mol. The summed E-state index contributed by atoms with van der Waals surface area (Å²) in [7, 11) is -3.63. The molecule has 6 heteroatoms. The number of nitrogens with one attached hydrogen (secondary N) is 1. The molecule has 1 N–H and O–H groups in total. The Kier molecular flexibility index (Phi) is 7.47. The topological polar surface area (TPSA) is 66.5 Å². The van der Waals surface area contributed by atoms with Crippen molar-refractivity contribution < 1.29 is 13.2 Å². The summed E-state index contributed by atoms with van der Waals surface area (Å²) in [5.41, 5.74) is 6.02. The van der Waals surface area contributed by atoms with Crippen LogP contribution in [0.2, 0.25) is 0 Å². The van der Waals surface area contributed by atoms with Gasteiger partial charge in [-0.3, -0.25) is 9.10 Å². The van der Waals surface area contributed by atoms with E-state index in [1.165, 1.54) is 15.4 Å². The third-order valence-corrected chi connectivity index (χ3v) is 6.59. The van der Waals surface area contributed by atoms with Gasteiger partial charge in [0.25, 0.3) is 0 Å². The maximum absolute atomic E-state index is 12.9. The molecule has 2 rings (SSSR count). The molecule has 2 aromatic rings. The van der Waals surface area contributed by atoms with E-state index in [0.717, 1.165) is 35.8 Å². The van der Waals surface area contributed by atoms with Crippen molar-refractivity contribution in [1.29, 1.82) is 0 Å². The third-order valence-electron chi connectivity index (χ3n) is 5.35. The molecule has 158 valence electrons. The minimum absolute atomic E-state index is 0.322. The van der Waals surface area contributed by atoms with Gasteiger partial charge in [-0.15, -0.1) is 0 Å². The number of amides is 1. The fourth-order valence-electron chi connectivity index (χ4n) is 3.41. The monoisotopic (exact) mass is 416 g/mol. The Balaban J connectivity index is 2.25. The molecule has 2 aromatic carbocycles. The molecule has 1 amide bonds. The van der Waals surface area contributed by atoms with Crippen LogP contribution in [0.5, 0.6) is 0 Å². The normalized spacial score (nSPS) is 12.5. The lowest BCUT2D eigenvalue weighted by Gasteiger charge is -2.29. The van der Waals surface area contributed by atoms with Gasteiger partial charge in [0, 0.05) is 6.54 Å². The summed E-state index contributed by atoms with van der Waals surface area (Å²) < 4.78 is 26.1. The van der Waals surface area contributed by atoms with Gasteiger partial charge in [-0.05, 0) is 73.6 Å². The average molecular weight is 417 g/mol. The highest BCUT2D eigenvalue weighted by atomic mass is 32.2. The van der Waals surface area contributed by atoms with Gasteiger partial charge in [-0.2, -0.15) is 0 Å². The second-order valence-corrected chi connectivity index (χ2v) is 9.39. The van der Waals surface area contributed by atoms with E-state index in [2.05, 4.69) is 37.4 Å². The van der Waals surface area contributed by atoms with Crippen LogP contribution in [-0.4, -0.2) is 26.6 Å². The van der Waals surface area contributed by atoms with Crippen LogP contribution < -0.4 is 9.62 Å². The first-order valence-corrected chi connectivity index (χ1v) is 11.9. The highest BCUT2D eigenvalue weighted by Crippen LogP contribution is 2.24. The summed E-state index contributed by atoms with van der Waals surface area (Å²) >= 11 is 0. The summed E-state index contributed by atoms with van der Waals surface area (Å²) in [4.78, 5) is 12.9. The highest BCUT2D eigenvalue weighted by Gasteiger charge is 2.29. The number of hydrogen-bond acceptors (Lipinski definition) is 3. The zero-order valence-electron chi connectivity index (χ0n) is 18.2. The van der Waals surface area contributed by atoms with Gasteiger partial charge in [-0.1, -0.05) is 38.1 Å². The molecular formula is C23H32N2O3S. The van der Waals surface area contributed by atoms with Crippen LogP contribution in [-0.2, 0) is 34.2 Å². The molecule has 29 heavy (non-hydrogen) atoms. The molecule has 5 nitrogen and oxygen atoms in total. The van der Waals surface area contributed by atoms with Crippen LogP contribution in [0.4, 0.5) is 5.69 Å². The van der Waals surface area contributed by atoms with Crippen molar-refractivity contribution in [3.8, 4) is 0 Å². The predicted molar refractivity (Wildman–Crippen MR) is 120 cm³/mol. The van der Waals surface area contributed by atoms with E-state index in [1.54, 1.807) is 19.1 Å². The standard InChI is InChI=1S/C23H32N2O3S/c1-7-19-10-11-20(8-2)21(14-19)15-24-23(26)18(5)25(29(6,27)28)22-12-9-16(3)17(4)13-22/h9-14,18H,7-8,15H2,1-6H3,(H,24,26)/t18-/m1/s1. The Bertz CT molecular complexity index is 984. The van der Waals surface area contributed by atoms with Crippen LogP contribution >= 0.6 is 0 Å². The number of sulfonamides is 1. The number of hydrogen-bond donors (Lipinski definition) is 1. The summed E-state index contributed by atoms with van der Waals surface area (Å²) in [6.07, 6.45) is 2.94. The Morgan fingerprint density at radius 2 is 1.69 bits per heavy atom. The van der Waals surface area contributed by atoms with Crippen molar-refractivity contribution in [2.45, 2.75) is 60.0 Å². The molecule has 0 spiro atoms. The molecule has 0 aromatic heterocycles. The fraction of sp³-hybridized carbons (Fsp3) is 0.435. The van der Waals surface area contributed by atoms with Gasteiger partial charge in [0.2, 0.25) is 15.9 Å². The first kappa shape index (κ1) is 22.9. The lowest BCUT2D eigenvalue weighted by Crippen LogP contribution is -2.47. The average Bonchev–Trinajstić information content (AvgIpc) is 2.67. The zero-order valence-corrected chi connectivity index (χ0v) is 19.1. The van der Waals surface area contributed by atoms with Crippen molar-refractivity contribution in [2.24, 2.45) is 0 Å². The Morgan fingerprint density at radius 3 is 2.24 bits per heavy atom. The van der Waals surface area contributed by atoms with E-state index in [1.807, 2.05) is 19.9 Å². The Labute approximate surface area is 175 Å². The summed E-state index contributed by atoms with van der Waals surface area (Å²) in [6.45, 7) is 10.1. The molecule has 0 unspecified atom stereocenters. The summed E-state index contributed by atoms with van der Waals surface area (Å²) in [6, 6.07) is 10.9. The number of carbonyl (C=O) groups excluding carboxylic acids is 1. The van der Waals surface area contributed by atoms with Crippen molar-refractivity contribution >= 4 is 21.6 Å². The van der Waals surface area contributed by atoms with Crippen LogP contribution in [0.25, 0.3) is 0 Å². The molecule has 1 atom stereocenters. The smallest absolute Gasteiger partial charge is 0.243 e. The largest absolute Gasteiger partial charge is 0.350 e. The van der Waals surface area contributed by atoms with Gasteiger partial charge >= 0.3 is 0 Å². The minimum atomic E-state index is -3.63. The van der Waals surface area contributed by atoms with Crippen LogP contribution in [0.3, 0.4) is 0 Å². The molecule has 0 heterocycles. The van der Waals surface area contributed by atoms with Crippen LogP contribution in [0.1, 0.15) is 48.6 Å². The van der Waals surface area contributed by atoms with Crippen molar-refractivity contribution in [3.63, 3.8) is 0 Å². The minimum Gasteiger partial charge on any atom is -0.350 e. The van der Waals surface area contributed by atoms with E-state index >= 15 is 0 Å². The predicted octanol–water partition coefficient (Wildman–Crippen LogP) is 3.90. The first-order chi connectivity index (χ1) is 13.6. The molecule has 0 radical (unpaired) electrons. The molecule has 0 saturated heterocycles. The maximum atomic E-state index is 12.9. The molecule has 0 saturated carbocycles. The molecule has 0 fully saturated rings. The second kappa shape index (κ2) is 9.44. The van der Waals surface area contributed by atoms with Gasteiger partial charge < -0.3 is 5.32 Å². The molecule has 0 aliphatic carbocycles. The lowest BCUT2D eigenvalue weighted by atomic mass is 10.0. The van der Waals surface area contributed by atoms with Crippen LogP contribution in [0, 0.1) is 13.8 Å². The Morgan fingerprint density at radius 1 is 1.00 bits per heavy atom. The SMILES string of the molecule is CCc1ccc(CC)c(CNC(=O)[C@@H](C)N(c2ccc(C)c(C)c2)S(C)(=O)=O)c1. The van der Waals surface area contributed by atoms with Gasteiger partial charge in [0.05, 0.1) is 11.9 Å². The second-order valence-electron chi connectivity index (χ2n) is 7.53. The fourth-order valence-corrected chi connectivity index (χ4v) is 4.58. The number of carbonyl (C=O) groups is 1.